The van der Waals surface area contributed by atoms with E-state index in [1.807, 2.05) is 20.7 Å². The van der Waals surface area contributed by atoms with Crippen LogP contribution < -0.4 is 0 Å². The topological polar surface area (TPSA) is 18.5 Å². The van der Waals surface area contributed by atoms with Crippen LogP contribution in [0.2, 0.25) is 6.82 Å². The number of rotatable bonds is 0. The predicted molar refractivity (Wildman–Crippen MR) is 67.3 cm³/mol. The molecule has 16 heavy (non-hydrogen) atoms. The van der Waals surface area contributed by atoms with Crippen LogP contribution in [-0.4, -0.2) is 18.8 Å². The molecule has 0 aromatic rings. The molecule has 92 valence electrons. The van der Waals surface area contributed by atoms with Crippen LogP contribution in [-0.2, 0) is 9.31 Å². The summed E-state index contributed by atoms with van der Waals surface area (Å²) in [4.78, 5) is 0. The van der Waals surface area contributed by atoms with Crippen LogP contribution in [0.1, 0.15) is 47.5 Å². The molecular weight excluding hydrogens is 199 g/mol. The van der Waals surface area contributed by atoms with Crippen molar-refractivity contribution in [1.29, 1.82) is 0 Å². The van der Waals surface area contributed by atoms with Crippen LogP contribution in [0, 0.1) is 17.3 Å². The first-order valence-electron chi connectivity index (χ1n) is 6.78. The van der Waals surface area contributed by atoms with E-state index in [0.717, 1.165) is 5.92 Å². The lowest BCUT2D eigenvalue weighted by atomic mass is 9.43. The molecule has 2 unspecified atom stereocenters. The van der Waals surface area contributed by atoms with Crippen LogP contribution in [0.3, 0.4) is 0 Å². The smallest absolute Gasteiger partial charge is 0.406 e. The van der Waals surface area contributed by atoms with Gasteiger partial charge in [0.1, 0.15) is 0 Å². The van der Waals surface area contributed by atoms with Crippen molar-refractivity contribution in [3.8, 4) is 0 Å². The van der Waals surface area contributed by atoms with Gasteiger partial charge < -0.3 is 9.31 Å². The summed E-state index contributed by atoms with van der Waals surface area (Å²) in [5.74, 6) is 1.56. The summed E-state index contributed by atoms with van der Waals surface area (Å²) < 4.78 is 11.9. The lowest BCUT2D eigenvalue weighted by Crippen LogP contribution is -2.65. The van der Waals surface area contributed by atoms with E-state index in [0.29, 0.717) is 17.4 Å². The maximum atomic E-state index is 6.02. The maximum absolute atomic E-state index is 6.02. The summed E-state index contributed by atoms with van der Waals surface area (Å²) in [5.41, 5.74) is 0.469. The van der Waals surface area contributed by atoms with Gasteiger partial charge in [-0.15, -0.1) is 0 Å². The van der Waals surface area contributed by atoms with Crippen molar-refractivity contribution in [2.24, 2.45) is 17.3 Å². The molecule has 1 saturated heterocycles. The molecule has 0 amide bonds. The molecule has 4 atom stereocenters. The minimum Gasteiger partial charge on any atom is -0.406 e. The summed E-state index contributed by atoms with van der Waals surface area (Å²) >= 11 is 0. The Balaban J connectivity index is 0.000000457. The molecule has 3 saturated carbocycles. The molecule has 3 heteroatoms. The number of hydrogen-bond donors (Lipinski definition) is 0. The monoisotopic (exact) mass is 224 g/mol. The number of hydrogen-bond acceptors (Lipinski definition) is 2. The third kappa shape index (κ3) is 1.40. The third-order valence-corrected chi connectivity index (χ3v) is 5.08. The second-order valence-corrected chi connectivity index (χ2v) is 6.04. The Labute approximate surface area is 100 Å². The van der Waals surface area contributed by atoms with E-state index in [-0.39, 0.29) is 12.7 Å². The average molecular weight is 224 g/mol. The molecule has 2 bridgehead atoms. The van der Waals surface area contributed by atoms with E-state index in [9.17, 15) is 0 Å². The highest BCUT2D eigenvalue weighted by Gasteiger charge is 2.67. The SMILES string of the molecule is CB1O[C@@H]2CC3CC(C3(C)C)[C@]2(C)O1.CC. The summed E-state index contributed by atoms with van der Waals surface area (Å²) in [6, 6.07) is 0. The van der Waals surface area contributed by atoms with Crippen molar-refractivity contribution in [1.82, 2.24) is 0 Å². The Kier molecular flexibility index (Phi) is 2.91. The van der Waals surface area contributed by atoms with Crippen molar-refractivity contribution in [2.75, 3.05) is 0 Å². The minimum atomic E-state index is -0.00231. The zero-order chi connectivity index (χ0) is 12.1. The average Bonchev–Trinajstić information content (AvgIpc) is 2.53. The summed E-state index contributed by atoms with van der Waals surface area (Å²) in [6.07, 6.45) is 2.90. The maximum Gasteiger partial charge on any atom is 0.454 e. The van der Waals surface area contributed by atoms with E-state index < -0.39 is 0 Å². The summed E-state index contributed by atoms with van der Waals surface area (Å²) in [6.45, 7) is 13.1. The highest BCUT2D eigenvalue weighted by atomic mass is 16.7. The van der Waals surface area contributed by atoms with Crippen molar-refractivity contribution in [3.05, 3.63) is 0 Å². The van der Waals surface area contributed by atoms with Crippen molar-refractivity contribution < 1.29 is 9.31 Å². The molecule has 0 radical (unpaired) electrons. The Morgan fingerprint density at radius 2 is 1.75 bits per heavy atom. The van der Waals surface area contributed by atoms with Gasteiger partial charge >= 0.3 is 7.12 Å². The zero-order valence-electron chi connectivity index (χ0n) is 11.5. The highest BCUT2D eigenvalue weighted by molar-refractivity contribution is 6.43. The molecule has 4 aliphatic rings. The van der Waals surface area contributed by atoms with E-state index >= 15 is 0 Å². The lowest BCUT2D eigenvalue weighted by molar-refractivity contribution is -0.199. The fraction of sp³-hybridized carbons (Fsp3) is 1.00. The predicted octanol–water partition coefficient (Wildman–Crippen LogP) is 3.37. The van der Waals surface area contributed by atoms with Gasteiger partial charge in [0.25, 0.3) is 0 Å². The van der Waals surface area contributed by atoms with Gasteiger partial charge in [0, 0.05) is 0 Å². The molecule has 0 aromatic heterocycles. The van der Waals surface area contributed by atoms with Gasteiger partial charge in [-0.1, -0.05) is 27.7 Å². The van der Waals surface area contributed by atoms with Gasteiger partial charge in [-0.25, -0.2) is 0 Å². The Bertz CT molecular complexity index is 279. The van der Waals surface area contributed by atoms with E-state index in [2.05, 4.69) is 20.8 Å². The van der Waals surface area contributed by atoms with Crippen molar-refractivity contribution in [2.45, 2.75) is 66.0 Å². The van der Waals surface area contributed by atoms with Gasteiger partial charge in [-0.05, 0) is 43.8 Å². The van der Waals surface area contributed by atoms with Gasteiger partial charge in [-0.2, -0.15) is 0 Å². The molecule has 3 aliphatic carbocycles. The third-order valence-electron chi connectivity index (χ3n) is 5.08. The van der Waals surface area contributed by atoms with Crippen LogP contribution in [0.5, 0.6) is 0 Å². The van der Waals surface area contributed by atoms with Crippen LogP contribution in [0.25, 0.3) is 0 Å². The molecule has 1 heterocycles. The Morgan fingerprint density at radius 3 is 2.31 bits per heavy atom. The second kappa shape index (κ2) is 3.74. The molecular formula is C13H25BO2. The lowest BCUT2D eigenvalue weighted by Gasteiger charge is -2.64. The fourth-order valence-corrected chi connectivity index (χ4v) is 4.07. The Morgan fingerprint density at radius 1 is 1.12 bits per heavy atom. The minimum absolute atomic E-state index is 0.000139. The Hall–Kier alpha value is -0.0151. The van der Waals surface area contributed by atoms with E-state index in [4.69, 9.17) is 9.31 Å². The zero-order valence-corrected chi connectivity index (χ0v) is 11.5. The fourth-order valence-electron chi connectivity index (χ4n) is 4.07. The van der Waals surface area contributed by atoms with Crippen molar-refractivity contribution >= 4 is 7.12 Å². The van der Waals surface area contributed by atoms with E-state index in [1.54, 1.807) is 0 Å². The summed E-state index contributed by atoms with van der Waals surface area (Å²) in [7, 11) is 0.000139. The van der Waals surface area contributed by atoms with Gasteiger partial charge in [0.2, 0.25) is 0 Å². The first-order chi connectivity index (χ1) is 7.44. The molecule has 1 aliphatic heterocycles. The van der Waals surface area contributed by atoms with Gasteiger partial charge in [0.05, 0.1) is 11.7 Å². The second-order valence-electron chi connectivity index (χ2n) is 6.04. The van der Waals surface area contributed by atoms with E-state index in [1.165, 1.54) is 12.8 Å². The first kappa shape index (κ1) is 12.4. The summed E-state index contributed by atoms with van der Waals surface area (Å²) in [5, 5.41) is 0. The molecule has 4 rings (SSSR count). The molecule has 4 fully saturated rings. The first-order valence-corrected chi connectivity index (χ1v) is 6.78. The molecule has 0 aromatic carbocycles. The van der Waals surface area contributed by atoms with Crippen LogP contribution in [0.4, 0.5) is 0 Å². The van der Waals surface area contributed by atoms with Gasteiger partial charge in [0.15, 0.2) is 0 Å². The molecule has 0 N–H and O–H groups in total. The quantitative estimate of drug-likeness (QED) is 0.587. The van der Waals surface area contributed by atoms with Crippen LogP contribution in [0.15, 0.2) is 0 Å². The largest absolute Gasteiger partial charge is 0.454 e. The van der Waals surface area contributed by atoms with Gasteiger partial charge in [-0.3, -0.25) is 0 Å². The molecule has 0 spiro atoms. The van der Waals surface area contributed by atoms with Crippen LogP contribution >= 0.6 is 0 Å². The standard InChI is InChI=1S/C11H19BO2.C2H6/c1-10(2)7-5-8(10)11(3)9(6-7)13-12(4)14-11;1-2/h7-9H,5-6H2,1-4H3;1-2H3/t7?,8?,9-,11+;/m1./s1. The highest BCUT2D eigenvalue weighted by Crippen LogP contribution is 2.65. The normalized spacial score (nSPS) is 47.6. The van der Waals surface area contributed by atoms with Crippen molar-refractivity contribution in [3.63, 3.8) is 0 Å². The molecule has 2 nitrogen and oxygen atoms in total.